The van der Waals surface area contributed by atoms with Gasteiger partial charge in [0.2, 0.25) is 0 Å². The number of halogens is 1. The Morgan fingerprint density at radius 3 is 1.32 bits per heavy atom. The summed E-state index contributed by atoms with van der Waals surface area (Å²) in [6.07, 6.45) is 4.85. The van der Waals surface area contributed by atoms with Gasteiger partial charge in [-0.2, -0.15) is 0 Å². The average molecular weight is 795 g/mol. The molecular formula is C51H44BrN3O. The fourth-order valence-electron chi connectivity index (χ4n) is 8.06. The van der Waals surface area contributed by atoms with Crippen LogP contribution in [0, 0.1) is 0 Å². The summed E-state index contributed by atoms with van der Waals surface area (Å²) in [5, 5.41) is 4.22. The number of nitrogens with one attached hydrogen (secondary N) is 1. The number of hydrogen-bond acceptors (Lipinski definition) is 3. The molecule has 0 spiro atoms. The second kappa shape index (κ2) is 17.3. The molecule has 0 aliphatic heterocycles. The van der Waals surface area contributed by atoms with E-state index in [-0.39, 0.29) is 6.04 Å². The molecule has 0 aliphatic rings. The Hall–Kier alpha value is -5.85. The van der Waals surface area contributed by atoms with Crippen LogP contribution in [0.25, 0.3) is 0 Å². The van der Waals surface area contributed by atoms with Crippen molar-refractivity contribution in [2.45, 2.75) is 30.1 Å². The Morgan fingerprint density at radius 1 is 0.518 bits per heavy atom. The van der Waals surface area contributed by atoms with Crippen LogP contribution in [0.15, 0.2) is 223 Å². The minimum absolute atomic E-state index is 0.144. The van der Waals surface area contributed by atoms with Gasteiger partial charge >= 0.3 is 0 Å². The maximum atomic E-state index is 6.62. The van der Waals surface area contributed by atoms with Crippen LogP contribution in [-0.4, -0.2) is 22.2 Å². The van der Waals surface area contributed by atoms with Crippen molar-refractivity contribution in [3.05, 3.63) is 268 Å². The van der Waals surface area contributed by atoms with Gasteiger partial charge in [-0.25, -0.2) is 4.98 Å². The molecule has 0 amide bonds. The monoisotopic (exact) mass is 793 g/mol. The van der Waals surface area contributed by atoms with E-state index in [2.05, 4.69) is 238 Å². The first-order chi connectivity index (χ1) is 27.7. The van der Waals surface area contributed by atoms with Gasteiger partial charge in [-0.3, -0.25) is 5.32 Å². The van der Waals surface area contributed by atoms with Gasteiger partial charge in [0.25, 0.3) is 0 Å². The molecular weight excluding hydrogens is 750 g/mol. The zero-order chi connectivity index (χ0) is 38.0. The Balaban J connectivity index is 1.24. The molecule has 0 radical (unpaired) electrons. The first-order valence-corrected chi connectivity index (χ1v) is 19.9. The van der Waals surface area contributed by atoms with Crippen LogP contribution < -0.4 is 5.32 Å². The number of hydrogen-bond donors (Lipinski definition) is 1. The van der Waals surface area contributed by atoms with Gasteiger partial charge in [0.05, 0.1) is 30.8 Å². The quantitative estimate of drug-likeness (QED) is 0.105. The second-order valence-corrected chi connectivity index (χ2v) is 15.0. The highest BCUT2D eigenvalue weighted by atomic mass is 79.9. The number of imidazole rings is 1. The van der Waals surface area contributed by atoms with Crippen molar-refractivity contribution in [3.63, 3.8) is 0 Å². The molecule has 8 rings (SSSR count). The van der Waals surface area contributed by atoms with E-state index in [1.54, 1.807) is 0 Å². The molecule has 8 aromatic rings. The molecule has 276 valence electrons. The van der Waals surface area contributed by atoms with Crippen LogP contribution in [-0.2, 0) is 28.8 Å². The van der Waals surface area contributed by atoms with Crippen LogP contribution >= 0.6 is 15.9 Å². The van der Waals surface area contributed by atoms with Gasteiger partial charge in [0, 0.05) is 23.1 Å². The number of rotatable bonds is 15. The molecule has 0 aliphatic carbocycles. The van der Waals surface area contributed by atoms with Gasteiger partial charge < -0.3 is 9.30 Å². The third-order valence-electron chi connectivity index (χ3n) is 10.6. The molecule has 56 heavy (non-hydrogen) atoms. The second-order valence-electron chi connectivity index (χ2n) is 14.1. The third kappa shape index (κ3) is 7.67. The van der Waals surface area contributed by atoms with E-state index in [0.29, 0.717) is 19.6 Å². The number of benzene rings is 7. The third-order valence-corrected chi connectivity index (χ3v) is 11.1. The predicted molar refractivity (Wildman–Crippen MR) is 230 cm³/mol. The van der Waals surface area contributed by atoms with E-state index < -0.39 is 11.1 Å². The van der Waals surface area contributed by atoms with Gasteiger partial charge in [0.15, 0.2) is 0 Å². The minimum Gasteiger partial charge on any atom is -0.375 e. The smallest absolute Gasteiger partial charge is 0.121 e. The van der Waals surface area contributed by atoms with Crippen LogP contribution in [0.3, 0.4) is 0 Å². The van der Waals surface area contributed by atoms with E-state index in [4.69, 9.17) is 9.72 Å². The predicted octanol–water partition coefficient (Wildman–Crippen LogP) is 11.2. The summed E-state index contributed by atoms with van der Waals surface area (Å²) in [6, 6.07) is 72.7. The van der Waals surface area contributed by atoms with Crippen LogP contribution in [0.4, 0.5) is 0 Å². The van der Waals surface area contributed by atoms with Crippen molar-refractivity contribution in [1.29, 1.82) is 0 Å². The SMILES string of the molecule is Brc1ccc(COC[C@@H](Cc2cn(C(c3ccccc3)(c3ccccc3)c3ccccc3)cn2)NC(c2ccccc2)(c2ccccc2)c2ccccc2)cc1. The normalized spacial score (nSPS) is 12.3. The van der Waals surface area contributed by atoms with Crippen molar-refractivity contribution >= 4 is 15.9 Å². The van der Waals surface area contributed by atoms with E-state index in [9.17, 15) is 0 Å². The standard InChI is InChI=1S/C51H44BrN3O/c52-47-33-31-40(32-34-47)37-56-38-49(54-50(41-19-7-1-8-20-41,42-21-9-2-10-22-42)43-23-11-3-12-24-43)35-48-36-55(39-53-48)51(44-25-13-4-14-26-44,45-27-15-5-16-28-45)46-29-17-6-18-30-46/h1-34,36,39,49,54H,35,37-38H2/t49-/m1/s1. The topological polar surface area (TPSA) is 39.1 Å². The van der Waals surface area contributed by atoms with Crippen molar-refractivity contribution < 1.29 is 4.74 Å². The summed E-state index contributed by atoms with van der Waals surface area (Å²) >= 11 is 3.57. The lowest BCUT2D eigenvalue weighted by Crippen LogP contribution is -2.52. The molecule has 0 fully saturated rings. The Labute approximate surface area is 338 Å². The fourth-order valence-corrected chi connectivity index (χ4v) is 8.33. The van der Waals surface area contributed by atoms with Crippen molar-refractivity contribution in [3.8, 4) is 0 Å². The van der Waals surface area contributed by atoms with Crippen LogP contribution in [0.1, 0.15) is 44.6 Å². The van der Waals surface area contributed by atoms with Gasteiger partial charge in [-0.15, -0.1) is 0 Å². The molecule has 0 bridgehead atoms. The van der Waals surface area contributed by atoms with Crippen molar-refractivity contribution in [2.24, 2.45) is 0 Å². The van der Waals surface area contributed by atoms with Gasteiger partial charge in [-0.05, 0) is 51.1 Å². The van der Waals surface area contributed by atoms with Crippen LogP contribution in [0.5, 0.6) is 0 Å². The molecule has 1 aromatic heterocycles. The Bertz CT molecular complexity index is 2190. The lowest BCUT2D eigenvalue weighted by molar-refractivity contribution is 0.0920. The van der Waals surface area contributed by atoms with E-state index in [1.807, 2.05) is 6.33 Å². The lowest BCUT2D eigenvalue weighted by atomic mass is 9.76. The summed E-state index contributed by atoms with van der Waals surface area (Å²) < 4.78 is 9.96. The summed E-state index contributed by atoms with van der Waals surface area (Å²) in [6.45, 7) is 0.951. The summed E-state index contributed by atoms with van der Waals surface area (Å²) in [5.41, 5.74) is 7.67. The summed E-state index contributed by atoms with van der Waals surface area (Å²) in [4.78, 5) is 5.18. The molecule has 1 N–H and O–H groups in total. The zero-order valence-electron chi connectivity index (χ0n) is 31.2. The number of nitrogens with zero attached hydrogens (tertiary/aromatic N) is 2. The number of ether oxygens (including phenoxy) is 1. The van der Waals surface area contributed by atoms with Crippen LogP contribution in [0.2, 0.25) is 0 Å². The first-order valence-electron chi connectivity index (χ1n) is 19.1. The van der Waals surface area contributed by atoms with E-state index in [0.717, 1.165) is 49.1 Å². The van der Waals surface area contributed by atoms with Crippen molar-refractivity contribution in [1.82, 2.24) is 14.9 Å². The maximum absolute atomic E-state index is 6.62. The molecule has 0 unspecified atom stereocenters. The minimum atomic E-state index is -0.681. The molecule has 0 saturated carbocycles. The molecule has 7 aromatic carbocycles. The highest BCUT2D eigenvalue weighted by Crippen LogP contribution is 2.41. The van der Waals surface area contributed by atoms with Crippen molar-refractivity contribution in [2.75, 3.05) is 6.61 Å². The van der Waals surface area contributed by atoms with Gasteiger partial charge in [-0.1, -0.05) is 210 Å². The first kappa shape index (κ1) is 37.1. The molecule has 1 heterocycles. The van der Waals surface area contributed by atoms with E-state index >= 15 is 0 Å². The van der Waals surface area contributed by atoms with E-state index in [1.165, 1.54) is 0 Å². The highest BCUT2D eigenvalue weighted by molar-refractivity contribution is 9.10. The maximum Gasteiger partial charge on any atom is 0.121 e. The average Bonchev–Trinajstić information content (AvgIpc) is 3.74. The molecule has 5 heteroatoms. The summed E-state index contributed by atoms with van der Waals surface area (Å²) in [7, 11) is 0. The zero-order valence-corrected chi connectivity index (χ0v) is 32.7. The highest BCUT2D eigenvalue weighted by Gasteiger charge is 2.40. The lowest BCUT2D eigenvalue weighted by Gasteiger charge is -2.40. The number of aromatic nitrogens is 2. The molecule has 1 atom stereocenters. The molecule has 4 nitrogen and oxygen atoms in total. The molecule has 0 saturated heterocycles. The summed E-state index contributed by atoms with van der Waals surface area (Å²) in [5.74, 6) is 0. The Morgan fingerprint density at radius 2 is 0.911 bits per heavy atom. The Kier molecular flexibility index (Phi) is 11.5. The van der Waals surface area contributed by atoms with Gasteiger partial charge in [0.1, 0.15) is 5.54 Å². The largest absolute Gasteiger partial charge is 0.375 e. The fraction of sp³-hybridized carbons (Fsp3) is 0.118.